The molecule has 0 atom stereocenters. The largest absolute Gasteiger partial charge is 0.366 e. The Labute approximate surface area is 155 Å². The van der Waals surface area contributed by atoms with Crippen LogP contribution < -0.4 is 5.48 Å². The molecule has 1 heterocycles. The van der Waals surface area contributed by atoms with Crippen molar-refractivity contribution in [2.45, 2.75) is 41.2 Å². The third kappa shape index (κ3) is 4.73. The second-order valence-corrected chi connectivity index (χ2v) is 6.44. The van der Waals surface area contributed by atoms with Crippen LogP contribution in [-0.2, 0) is 11.4 Å². The lowest BCUT2D eigenvalue weighted by Gasteiger charge is -2.15. The summed E-state index contributed by atoms with van der Waals surface area (Å²) in [4.78, 5) is 12.2. The second-order valence-electron chi connectivity index (χ2n) is 6.44. The quantitative estimate of drug-likeness (QED) is 0.436. The Balaban J connectivity index is 2.05. The number of aryl methyl sites for hydroxylation is 4. The number of hydroxylamine groups is 1. The van der Waals surface area contributed by atoms with E-state index in [-0.39, 0.29) is 0 Å². The van der Waals surface area contributed by atoms with Crippen molar-refractivity contribution in [3.63, 3.8) is 0 Å². The molecule has 2 rings (SSSR count). The Bertz CT molecular complexity index is 789. The van der Waals surface area contributed by atoms with E-state index in [0.29, 0.717) is 12.3 Å². The van der Waals surface area contributed by atoms with Gasteiger partial charge in [-0.05, 0) is 57.9 Å². The molecule has 140 valence electrons. The summed E-state index contributed by atoms with van der Waals surface area (Å²) >= 11 is 0. The summed E-state index contributed by atoms with van der Waals surface area (Å²) in [6, 6.07) is 4.13. The molecular weight excluding hydrogens is 328 g/mol. The molecule has 0 unspecified atom stereocenters. The highest BCUT2D eigenvalue weighted by molar-refractivity contribution is 5.70. The van der Waals surface area contributed by atoms with Crippen LogP contribution in [0.5, 0.6) is 0 Å². The molecule has 1 aromatic heterocycles. The number of hydrogen-bond acceptors (Lipinski definition) is 5. The number of aliphatic imine (C=N–C) groups is 1. The van der Waals surface area contributed by atoms with E-state index in [4.69, 9.17) is 9.36 Å². The van der Waals surface area contributed by atoms with Gasteiger partial charge in [0.2, 0.25) is 0 Å². The van der Waals surface area contributed by atoms with Crippen LogP contribution in [-0.4, -0.2) is 30.0 Å². The van der Waals surface area contributed by atoms with Gasteiger partial charge in [-0.3, -0.25) is 10.3 Å². The first-order valence-electron chi connectivity index (χ1n) is 8.68. The third-order valence-electron chi connectivity index (χ3n) is 4.35. The molecule has 0 bridgehead atoms. The third-order valence-corrected chi connectivity index (χ3v) is 4.35. The van der Waals surface area contributed by atoms with Crippen molar-refractivity contribution in [1.82, 2.24) is 15.5 Å². The number of nitrogens with one attached hydrogen (secondary N) is 1. The smallest absolute Gasteiger partial charge is 0.139 e. The highest BCUT2D eigenvalue weighted by Crippen LogP contribution is 2.26. The highest BCUT2D eigenvalue weighted by Gasteiger charge is 2.11. The maximum absolute atomic E-state index is 5.59. The molecule has 0 aliphatic heterocycles. The first-order valence-corrected chi connectivity index (χ1v) is 8.68. The van der Waals surface area contributed by atoms with Gasteiger partial charge in [0.05, 0.1) is 23.4 Å². The van der Waals surface area contributed by atoms with E-state index < -0.39 is 0 Å². The van der Waals surface area contributed by atoms with Crippen LogP contribution in [0.4, 0.5) is 5.69 Å². The molecule has 2 aromatic rings. The predicted octanol–water partition coefficient (Wildman–Crippen LogP) is 4.21. The SMILES string of the molecule is C=C(NOCc1c(C)noc1C)c1cc(C)c(N=CN(C)CC)cc1C. The summed E-state index contributed by atoms with van der Waals surface area (Å²) in [6.45, 7) is 15.3. The Morgan fingerprint density at radius 1 is 1.31 bits per heavy atom. The number of hydrogen-bond donors (Lipinski definition) is 1. The average molecular weight is 356 g/mol. The van der Waals surface area contributed by atoms with Gasteiger partial charge in [0.25, 0.3) is 0 Å². The first kappa shape index (κ1) is 19.7. The zero-order valence-corrected chi connectivity index (χ0v) is 16.5. The zero-order valence-electron chi connectivity index (χ0n) is 16.5. The fourth-order valence-corrected chi connectivity index (χ4v) is 2.47. The van der Waals surface area contributed by atoms with Crippen LogP contribution in [0.25, 0.3) is 5.70 Å². The molecule has 0 aliphatic carbocycles. The highest BCUT2D eigenvalue weighted by atomic mass is 16.6. The van der Waals surface area contributed by atoms with E-state index in [2.05, 4.69) is 41.3 Å². The second kappa shape index (κ2) is 8.67. The molecule has 0 spiro atoms. The normalized spacial score (nSPS) is 11.2. The Kier molecular flexibility index (Phi) is 6.58. The van der Waals surface area contributed by atoms with Crippen molar-refractivity contribution in [2.24, 2.45) is 4.99 Å². The van der Waals surface area contributed by atoms with Crippen LogP contribution in [0.3, 0.4) is 0 Å². The molecule has 0 saturated carbocycles. The number of aromatic nitrogens is 1. The van der Waals surface area contributed by atoms with Crippen molar-refractivity contribution >= 4 is 17.7 Å². The Morgan fingerprint density at radius 3 is 2.65 bits per heavy atom. The lowest BCUT2D eigenvalue weighted by molar-refractivity contribution is 0.0637. The molecule has 26 heavy (non-hydrogen) atoms. The lowest BCUT2D eigenvalue weighted by Crippen LogP contribution is -2.14. The van der Waals surface area contributed by atoms with E-state index in [9.17, 15) is 0 Å². The minimum atomic E-state index is 0.365. The molecule has 1 aromatic carbocycles. The van der Waals surface area contributed by atoms with Crippen LogP contribution in [0.1, 0.15) is 40.6 Å². The van der Waals surface area contributed by atoms with Crippen LogP contribution in [0.15, 0.2) is 28.2 Å². The topological polar surface area (TPSA) is 62.9 Å². The predicted molar refractivity (Wildman–Crippen MR) is 105 cm³/mol. The molecule has 6 nitrogen and oxygen atoms in total. The molecule has 0 fully saturated rings. The molecule has 0 amide bonds. The molecule has 0 radical (unpaired) electrons. The van der Waals surface area contributed by atoms with Gasteiger partial charge in [0.1, 0.15) is 12.4 Å². The van der Waals surface area contributed by atoms with Crippen molar-refractivity contribution in [2.75, 3.05) is 13.6 Å². The van der Waals surface area contributed by atoms with Crippen molar-refractivity contribution in [3.8, 4) is 0 Å². The van der Waals surface area contributed by atoms with E-state index in [0.717, 1.165) is 45.9 Å². The van der Waals surface area contributed by atoms with Gasteiger partial charge < -0.3 is 9.42 Å². The van der Waals surface area contributed by atoms with Gasteiger partial charge in [-0.1, -0.05) is 11.7 Å². The molecule has 6 heteroatoms. The fourth-order valence-electron chi connectivity index (χ4n) is 2.47. The van der Waals surface area contributed by atoms with E-state index in [1.54, 1.807) is 0 Å². The maximum atomic E-state index is 5.59. The van der Waals surface area contributed by atoms with Gasteiger partial charge >= 0.3 is 0 Å². The summed E-state index contributed by atoms with van der Waals surface area (Å²) in [5.74, 6) is 0.765. The molecule has 0 saturated heterocycles. The molecular formula is C20H28N4O2. The summed E-state index contributed by atoms with van der Waals surface area (Å²) in [7, 11) is 2.00. The summed E-state index contributed by atoms with van der Waals surface area (Å²) in [5.41, 5.74) is 9.54. The van der Waals surface area contributed by atoms with Crippen molar-refractivity contribution in [3.05, 3.63) is 52.4 Å². The van der Waals surface area contributed by atoms with Crippen molar-refractivity contribution < 1.29 is 9.36 Å². The zero-order chi connectivity index (χ0) is 19.3. The van der Waals surface area contributed by atoms with Gasteiger partial charge in [-0.15, -0.1) is 0 Å². The molecule has 0 aliphatic rings. The monoisotopic (exact) mass is 356 g/mol. The molecule has 1 N–H and O–H groups in total. The number of rotatable bonds is 8. The summed E-state index contributed by atoms with van der Waals surface area (Å²) in [6.07, 6.45) is 1.85. The summed E-state index contributed by atoms with van der Waals surface area (Å²) < 4.78 is 5.14. The summed E-state index contributed by atoms with van der Waals surface area (Å²) in [5, 5.41) is 3.92. The van der Waals surface area contributed by atoms with Crippen LogP contribution >= 0.6 is 0 Å². The van der Waals surface area contributed by atoms with E-state index in [1.807, 2.05) is 46.0 Å². The van der Waals surface area contributed by atoms with Crippen molar-refractivity contribution in [1.29, 1.82) is 0 Å². The standard InChI is InChI=1S/C20H28N4O2/c1-8-24(7)12-21-20-10-13(2)18(9-14(20)3)15(4)22-25-11-19-16(5)23-26-17(19)6/h9-10,12,22H,4,8,11H2,1-3,5-7H3. The van der Waals surface area contributed by atoms with E-state index in [1.165, 1.54) is 0 Å². The fraction of sp³-hybridized carbons (Fsp3) is 0.400. The van der Waals surface area contributed by atoms with E-state index >= 15 is 0 Å². The first-order chi connectivity index (χ1) is 12.3. The lowest BCUT2D eigenvalue weighted by atomic mass is 10.0. The Hall–Kier alpha value is -2.60. The number of nitrogens with zero attached hydrogens (tertiary/aromatic N) is 3. The van der Waals surface area contributed by atoms with Crippen LogP contribution in [0, 0.1) is 27.7 Å². The minimum absolute atomic E-state index is 0.365. The van der Waals surface area contributed by atoms with Gasteiger partial charge in [-0.2, -0.15) is 0 Å². The number of benzene rings is 1. The van der Waals surface area contributed by atoms with Crippen LogP contribution in [0.2, 0.25) is 0 Å². The average Bonchev–Trinajstić information content (AvgIpc) is 2.93. The van der Waals surface area contributed by atoms with Gasteiger partial charge in [-0.25, -0.2) is 4.99 Å². The maximum Gasteiger partial charge on any atom is 0.139 e. The Morgan fingerprint density at radius 2 is 2.04 bits per heavy atom. The van der Waals surface area contributed by atoms with Gasteiger partial charge in [0.15, 0.2) is 0 Å². The minimum Gasteiger partial charge on any atom is -0.366 e. The van der Waals surface area contributed by atoms with Gasteiger partial charge in [0, 0.05) is 24.7 Å².